The van der Waals surface area contributed by atoms with E-state index in [0.29, 0.717) is 25.4 Å². The van der Waals surface area contributed by atoms with Gasteiger partial charge in [-0.05, 0) is 25.2 Å². The smallest absolute Gasteiger partial charge is 0.407 e. The second-order valence-corrected chi connectivity index (χ2v) is 5.11. The van der Waals surface area contributed by atoms with Crippen LogP contribution in [0.4, 0.5) is 4.79 Å². The Labute approximate surface area is 102 Å². The molecule has 1 saturated heterocycles. The van der Waals surface area contributed by atoms with Crippen molar-refractivity contribution in [2.45, 2.75) is 39.2 Å². The molecule has 1 heterocycles. The predicted molar refractivity (Wildman–Crippen MR) is 64.8 cm³/mol. The van der Waals surface area contributed by atoms with Gasteiger partial charge < -0.3 is 15.7 Å². The maximum absolute atomic E-state index is 11.7. The average molecular weight is 242 g/mol. The van der Waals surface area contributed by atoms with Crippen LogP contribution in [0.15, 0.2) is 0 Å². The highest BCUT2D eigenvalue weighted by molar-refractivity contribution is 5.85. The predicted octanol–water partition coefficient (Wildman–Crippen LogP) is 1.32. The number of carboxylic acid groups (broad SMARTS) is 1. The summed E-state index contributed by atoms with van der Waals surface area (Å²) in [5.74, 6) is 0.457. The second kappa shape index (κ2) is 6.00. The van der Waals surface area contributed by atoms with Gasteiger partial charge in [-0.2, -0.15) is 0 Å². The zero-order chi connectivity index (χ0) is 13.0. The average Bonchev–Trinajstić information content (AvgIpc) is 2.28. The minimum absolute atomic E-state index is 0.0240. The Morgan fingerprint density at radius 3 is 2.29 bits per heavy atom. The van der Waals surface area contributed by atoms with Gasteiger partial charge in [-0.25, -0.2) is 4.79 Å². The molecule has 1 amide bonds. The number of carbonyl (C=O) groups is 2. The summed E-state index contributed by atoms with van der Waals surface area (Å²) in [6.45, 7) is 4.83. The van der Waals surface area contributed by atoms with E-state index >= 15 is 0 Å². The van der Waals surface area contributed by atoms with Crippen molar-refractivity contribution in [1.82, 2.24) is 4.90 Å². The zero-order valence-corrected chi connectivity index (χ0v) is 10.6. The molecule has 17 heavy (non-hydrogen) atoms. The molecule has 0 bridgehead atoms. The van der Waals surface area contributed by atoms with E-state index in [1.165, 1.54) is 4.90 Å². The van der Waals surface area contributed by atoms with Crippen LogP contribution in [0.1, 0.15) is 33.1 Å². The zero-order valence-electron chi connectivity index (χ0n) is 10.6. The van der Waals surface area contributed by atoms with Gasteiger partial charge in [0.05, 0.1) is 6.04 Å². The minimum Gasteiger partial charge on any atom is -0.465 e. The van der Waals surface area contributed by atoms with Crippen LogP contribution in [-0.2, 0) is 4.79 Å². The van der Waals surface area contributed by atoms with E-state index in [-0.39, 0.29) is 11.7 Å². The molecule has 1 atom stereocenters. The summed E-state index contributed by atoms with van der Waals surface area (Å²) in [5.41, 5.74) is 5.86. The maximum atomic E-state index is 11.7. The normalized spacial score (nSPS) is 19.4. The lowest BCUT2D eigenvalue weighted by molar-refractivity contribution is -0.123. The third-order valence-electron chi connectivity index (χ3n) is 3.41. The largest absolute Gasteiger partial charge is 0.465 e. The van der Waals surface area contributed by atoms with Gasteiger partial charge in [-0.1, -0.05) is 13.8 Å². The first-order chi connectivity index (χ1) is 7.91. The highest BCUT2D eigenvalue weighted by atomic mass is 16.4. The number of amides is 1. The number of Topliss-reactive ketones (excluding diaryl/α,β-unsaturated/α-hetero) is 1. The first-order valence-corrected chi connectivity index (χ1v) is 6.19. The van der Waals surface area contributed by atoms with Crippen LogP contribution in [0.25, 0.3) is 0 Å². The molecule has 0 aromatic heterocycles. The number of ketones is 1. The SMILES string of the molecule is CC(C)C(=O)C(N)CC1CCN(C(=O)O)CC1. The van der Waals surface area contributed by atoms with Crippen molar-refractivity contribution in [2.75, 3.05) is 13.1 Å². The highest BCUT2D eigenvalue weighted by Crippen LogP contribution is 2.22. The summed E-state index contributed by atoms with van der Waals surface area (Å²) in [5, 5.41) is 8.81. The molecule has 0 radical (unpaired) electrons. The van der Waals surface area contributed by atoms with Crippen LogP contribution in [0.5, 0.6) is 0 Å². The van der Waals surface area contributed by atoms with E-state index in [1.807, 2.05) is 13.8 Å². The molecule has 0 aromatic carbocycles. The summed E-state index contributed by atoms with van der Waals surface area (Å²) in [4.78, 5) is 23.8. The van der Waals surface area contributed by atoms with Gasteiger partial charge in [0.1, 0.15) is 0 Å². The Hall–Kier alpha value is -1.10. The summed E-state index contributed by atoms with van der Waals surface area (Å²) >= 11 is 0. The summed E-state index contributed by atoms with van der Waals surface area (Å²) in [6, 6.07) is -0.392. The Kier molecular flexibility index (Phi) is 4.93. The molecule has 1 aliphatic heterocycles. The molecule has 1 unspecified atom stereocenters. The first kappa shape index (κ1) is 14.0. The van der Waals surface area contributed by atoms with Crippen LogP contribution in [0, 0.1) is 11.8 Å². The highest BCUT2D eigenvalue weighted by Gasteiger charge is 2.26. The Morgan fingerprint density at radius 1 is 1.35 bits per heavy atom. The van der Waals surface area contributed by atoms with Gasteiger partial charge in [0.15, 0.2) is 5.78 Å². The fourth-order valence-electron chi connectivity index (χ4n) is 2.26. The van der Waals surface area contributed by atoms with Crippen molar-refractivity contribution in [1.29, 1.82) is 0 Å². The van der Waals surface area contributed by atoms with E-state index in [1.54, 1.807) is 0 Å². The number of piperidine rings is 1. The summed E-state index contributed by atoms with van der Waals surface area (Å²) in [7, 11) is 0. The van der Waals surface area contributed by atoms with Crippen molar-refractivity contribution in [3.63, 3.8) is 0 Å². The molecule has 3 N–H and O–H groups in total. The third-order valence-corrected chi connectivity index (χ3v) is 3.41. The fourth-order valence-corrected chi connectivity index (χ4v) is 2.26. The van der Waals surface area contributed by atoms with Crippen LogP contribution >= 0.6 is 0 Å². The van der Waals surface area contributed by atoms with E-state index < -0.39 is 12.1 Å². The van der Waals surface area contributed by atoms with Crippen molar-refractivity contribution < 1.29 is 14.7 Å². The van der Waals surface area contributed by atoms with Gasteiger partial charge in [0.25, 0.3) is 0 Å². The molecule has 1 fully saturated rings. The minimum atomic E-state index is -0.856. The lowest BCUT2D eigenvalue weighted by Crippen LogP contribution is -2.41. The first-order valence-electron chi connectivity index (χ1n) is 6.19. The van der Waals surface area contributed by atoms with Crippen LogP contribution in [-0.4, -0.2) is 41.0 Å². The number of rotatable bonds is 4. The molecule has 1 rings (SSSR count). The van der Waals surface area contributed by atoms with Crippen molar-refractivity contribution in [3.8, 4) is 0 Å². The number of hydrogen-bond acceptors (Lipinski definition) is 3. The summed E-state index contributed by atoms with van der Waals surface area (Å²) < 4.78 is 0. The Balaban J connectivity index is 2.35. The van der Waals surface area contributed by atoms with Crippen molar-refractivity contribution >= 4 is 11.9 Å². The standard InChI is InChI=1S/C12H22N2O3/c1-8(2)11(15)10(13)7-9-3-5-14(6-4-9)12(16)17/h8-10H,3-7,13H2,1-2H3,(H,16,17). The van der Waals surface area contributed by atoms with Gasteiger partial charge in [-0.15, -0.1) is 0 Å². The number of hydrogen-bond donors (Lipinski definition) is 2. The third kappa shape index (κ3) is 4.00. The molecule has 0 aliphatic carbocycles. The molecule has 5 nitrogen and oxygen atoms in total. The number of likely N-dealkylation sites (tertiary alicyclic amines) is 1. The molecular weight excluding hydrogens is 220 g/mol. The van der Waals surface area contributed by atoms with E-state index in [2.05, 4.69) is 0 Å². The van der Waals surface area contributed by atoms with Crippen LogP contribution < -0.4 is 5.73 Å². The molecule has 1 aliphatic rings. The van der Waals surface area contributed by atoms with Gasteiger partial charge in [0.2, 0.25) is 0 Å². The molecule has 5 heteroatoms. The van der Waals surface area contributed by atoms with Gasteiger partial charge in [0, 0.05) is 19.0 Å². The maximum Gasteiger partial charge on any atom is 0.407 e. The summed E-state index contributed by atoms with van der Waals surface area (Å²) in [6.07, 6.45) is 1.45. The monoisotopic (exact) mass is 242 g/mol. The number of carbonyl (C=O) groups excluding carboxylic acids is 1. The van der Waals surface area contributed by atoms with E-state index in [0.717, 1.165) is 12.8 Å². The Bertz CT molecular complexity index is 283. The number of nitrogens with two attached hydrogens (primary N) is 1. The molecule has 0 spiro atoms. The quantitative estimate of drug-likeness (QED) is 0.778. The second-order valence-electron chi connectivity index (χ2n) is 5.11. The van der Waals surface area contributed by atoms with Crippen molar-refractivity contribution in [2.24, 2.45) is 17.6 Å². The Morgan fingerprint density at radius 2 is 1.88 bits per heavy atom. The number of nitrogens with zero attached hydrogens (tertiary/aromatic N) is 1. The van der Waals surface area contributed by atoms with E-state index in [4.69, 9.17) is 10.8 Å². The lowest BCUT2D eigenvalue weighted by atomic mass is 9.87. The van der Waals surface area contributed by atoms with Gasteiger partial charge in [-0.3, -0.25) is 4.79 Å². The molecule has 0 aromatic rings. The molecule has 98 valence electrons. The van der Waals surface area contributed by atoms with E-state index in [9.17, 15) is 9.59 Å². The lowest BCUT2D eigenvalue weighted by Gasteiger charge is -2.31. The van der Waals surface area contributed by atoms with Gasteiger partial charge >= 0.3 is 6.09 Å². The molecule has 0 saturated carbocycles. The van der Waals surface area contributed by atoms with Crippen LogP contribution in [0.2, 0.25) is 0 Å². The molecular formula is C12H22N2O3. The topological polar surface area (TPSA) is 83.6 Å². The van der Waals surface area contributed by atoms with Crippen molar-refractivity contribution in [3.05, 3.63) is 0 Å². The van der Waals surface area contributed by atoms with Crippen LogP contribution in [0.3, 0.4) is 0 Å². The fraction of sp³-hybridized carbons (Fsp3) is 0.833.